The molecule has 1 heterocycles. The van der Waals surface area contributed by atoms with Crippen LogP contribution < -0.4 is 10.6 Å². The summed E-state index contributed by atoms with van der Waals surface area (Å²) in [5, 5.41) is 6.41. The lowest BCUT2D eigenvalue weighted by molar-refractivity contribution is -0.137. The number of hydrogen-bond acceptors (Lipinski definition) is 3. The predicted molar refractivity (Wildman–Crippen MR) is 109 cm³/mol. The molecule has 154 valence electrons. The third kappa shape index (κ3) is 7.46. The number of rotatable bonds is 6. The number of nitrogens with one attached hydrogen (secondary N) is 2. The van der Waals surface area contributed by atoms with Crippen LogP contribution in [0.4, 0.5) is 13.2 Å². The van der Waals surface area contributed by atoms with Gasteiger partial charge < -0.3 is 20.1 Å². The third-order valence-electron chi connectivity index (χ3n) is 4.46. The summed E-state index contributed by atoms with van der Waals surface area (Å²) < 4.78 is 48.9. The fourth-order valence-electron chi connectivity index (χ4n) is 2.75. The van der Waals surface area contributed by atoms with Crippen molar-refractivity contribution in [2.45, 2.75) is 38.1 Å². The molecule has 1 fully saturated rings. The smallest absolute Gasteiger partial charge is 0.381 e. The summed E-state index contributed by atoms with van der Waals surface area (Å²) in [6.07, 6.45) is -2.72. The molecule has 0 unspecified atom stereocenters. The molecule has 0 atom stereocenters. The minimum Gasteiger partial charge on any atom is -0.381 e. The molecule has 1 aliphatic heterocycles. The molecule has 2 N–H and O–H groups in total. The van der Waals surface area contributed by atoms with E-state index in [1.807, 2.05) is 6.92 Å². The molecule has 1 aliphatic rings. The second kappa shape index (κ2) is 11.1. The second-order valence-corrected chi connectivity index (χ2v) is 6.24. The van der Waals surface area contributed by atoms with E-state index in [4.69, 9.17) is 9.47 Å². The highest BCUT2D eigenvalue weighted by atomic mass is 127. The summed E-state index contributed by atoms with van der Waals surface area (Å²) in [6, 6.07) is 5.05. The number of alkyl halides is 3. The first-order valence-electron chi connectivity index (χ1n) is 8.70. The monoisotopic (exact) mass is 501 g/mol. The lowest BCUT2D eigenvalue weighted by atomic mass is 9.94. The van der Waals surface area contributed by atoms with Gasteiger partial charge in [0.1, 0.15) is 0 Å². The number of halogens is 4. The second-order valence-electron chi connectivity index (χ2n) is 6.24. The molecule has 0 spiro atoms. The van der Waals surface area contributed by atoms with Gasteiger partial charge >= 0.3 is 6.18 Å². The Morgan fingerprint density at radius 2 is 1.81 bits per heavy atom. The highest BCUT2D eigenvalue weighted by Crippen LogP contribution is 2.29. The summed E-state index contributed by atoms with van der Waals surface area (Å²) in [5.41, 5.74) is -0.234. The van der Waals surface area contributed by atoms with Gasteiger partial charge in [0, 0.05) is 46.3 Å². The van der Waals surface area contributed by atoms with Crippen LogP contribution in [-0.4, -0.2) is 45.0 Å². The Labute approximate surface area is 175 Å². The molecule has 2 rings (SSSR count). The van der Waals surface area contributed by atoms with Gasteiger partial charge in [-0.05, 0) is 24.6 Å². The quantitative estimate of drug-likeness (QED) is 0.356. The molecule has 0 amide bonds. The number of hydrogen-bond donors (Lipinski definition) is 2. The van der Waals surface area contributed by atoms with Gasteiger partial charge in [-0.3, -0.25) is 0 Å². The summed E-state index contributed by atoms with van der Waals surface area (Å²) in [6.45, 7) is 4.84. The maximum atomic E-state index is 12.6. The van der Waals surface area contributed by atoms with Crippen molar-refractivity contribution >= 4 is 29.9 Å². The molecule has 9 heteroatoms. The van der Waals surface area contributed by atoms with Crippen molar-refractivity contribution in [1.82, 2.24) is 10.6 Å². The van der Waals surface area contributed by atoms with Crippen LogP contribution in [0.5, 0.6) is 0 Å². The Hall–Kier alpha value is -1.07. The minimum absolute atomic E-state index is 0. The molecule has 0 radical (unpaired) electrons. The van der Waals surface area contributed by atoms with Gasteiger partial charge in [-0.25, -0.2) is 4.99 Å². The largest absolute Gasteiger partial charge is 0.416 e. The number of aliphatic imine (C=N–C) groups is 1. The van der Waals surface area contributed by atoms with Crippen LogP contribution in [0.3, 0.4) is 0 Å². The number of ether oxygens (including phenoxy) is 2. The third-order valence-corrected chi connectivity index (χ3v) is 4.46. The Morgan fingerprint density at radius 1 is 1.19 bits per heavy atom. The molecule has 5 nitrogen and oxygen atoms in total. The van der Waals surface area contributed by atoms with E-state index < -0.39 is 11.7 Å². The van der Waals surface area contributed by atoms with Gasteiger partial charge in [-0.15, -0.1) is 24.0 Å². The molecule has 27 heavy (non-hydrogen) atoms. The summed E-state index contributed by atoms with van der Waals surface area (Å²) >= 11 is 0. The Kier molecular flexibility index (Phi) is 9.82. The van der Waals surface area contributed by atoms with Crippen molar-refractivity contribution in [3.8, 4) is 0 Å². The van der Waals surface area contributed by atoms with Gasteiger partial charge in [0.2, 0.25) is 0 Å². The molecule has 0 aromatic heterocycles. The zero-order valence-electron chi connectivity index (χ0n) is 15.6. The van der Waals surface area contributed by atoms with E-state index in [1.54, 1.807) is 7.11 Å². The number of methoxy groups -OCH3 is 1. The van der Waals surface area contributed by atoms with E-state index in [0.717, 1.165) is 25.0 Å². The van der Waals surface area contributed by atoms with Crippen molar-refractivity contribution in [2.75, 3.05) is 33.4 Å². The molecular formula is C18H27F3IN3O2. The van der Waals surface area contributed by atoms with Crippen molar-refractivity contribution in [3.63, 3.8) is 0 Å². The Morgan fingerprint density at radius 3 is 2.33 bits per heavy atom. The summed E-state index contributed by atoms with van der Waals surface area (Å²) in [4.78, 5) is 4.45. The van der Waals surface area contributed by atoms with Crippen molar-refractivity contribution in [2.24, 2.45) is 4.99 Å². The van der Waals surface area contributed by atoms with Crippen LogP contribution >= 0.6 is 24.0 Å². The SMILES string of the molecule is CCNC(=NCc1ccc(C(F)(F)F)cc1)NCC1(OC)CCOCC1.I. The van der Waals surface area contributed by atoms with Gasteiger partial charge in [0.05, 0.1) is 17.7 Å². The average Bonchev–Trinajstić information content (AvgIpc) is 2.64. The van der Waals surface area contributed by atoms with Crippen molar-refractivity contribution < 1.29 is 22.6 Å². The highest BCUT2D eigenvalue weighted by molar-refractivity contribution is 14.0. The average molecular weight is 501 g/mol. The van der Waals surface area contributed by atoms with Crippen LogP contribution in [0.25, 0.3) is 0 Å². The topological polar surface area (TPSA) is 54.9 Å². The predicted octanol–water partition coefficient (Wildman–Crippen LogP) is 3.57. The maximum absolute atomic E-state index is 12.6. The first-order valence-corrected chi connectivity index (χ1v) is 8.70. The van der Waals surface area contributed by atoms with Crippen molar-refractivity contribution in [1.29, 1.82) is 0 Å². The highest BCUT2D eigenvalue weighted by Gasteiger charge is 2.32. The number of benzene rings is 1. The summed E-state index contributed by atoms with van der Waals surface area (Å²) in [7, 11) is 1.69. The molecule has 0 saturated carbocycles. The van der Waals surface area contributed by atoms with E-state index >= 15 is 0 Å². The zero-order valence-corrected chi connectivity index (χ0v) is 17.9. The lowest BCUT2D eigenvalue weighted by Gasteiger charge is -2.36. The standard InChI is InChI=1S/C18H26F3N3O2.HI/c1-3-22-16(24-13-17(25-2)8-10-26-11-9-17)23-12-14-4-6-15(7-5-14)18(19,20)21;/h4-7H,3,8-13H2,1-2H3,(H2,22,23,24);1H. The molecule has 0 aliphatic carbocycles. The number of nitrogens with zero attached hydrogens (tertiary/aromatic N) is 1. The van der Waals surface area contributed by atoms with Crippen LogP contribution in [0.15, 0.2) is 29.3 Å². The van der Waals surface area contributed by atoms with Gasteiger partial charge in [-0.1, -0.05) is 12.1 Å². The van der Waals surface area contributed by atoms with Gasteiger partial charge in [0.25, 0.3) is 0 Å². The molecule has 1 saturated heterocycles. The van der Waals surface area contributed by atoms with Gasteiger partial charge in [0.15, 0.2) is 5.96 Å². The van der Waals surface area contributed by atoms with Gasteiger partial charge in [-0.2, -0.15) is 13.2 Å². The minimum atomic E-state index is -4.32. The van der Waals surface area contributed by atoms with E-state index in [0.29, 0.717) is 37.8 Å². The fraction of sp³-hybridized carbons (Fsp3) is 0.611. The first kappa shape index (κ1) is 24.0. The maximum Gasteiger partial charge on any atom is 0.416 e. The van der Waals surface area contributed by atoms with Crippen molar-refractivity contribution in [3.05, 3.63) is 35.4 Å². The molecule has 0 bridgehead atoms. The van der Waals surface area contributed by atoms with E-state index in [-0.39, 0.29) is 36.1 Å². The van der Waals surface area contributed by atoms with Crippen LogP contribution in [0.2, 0.25) is 0 Å². The van der Waals surface area contributed by atoms with Crippen LogP contribution in [-0.2, 0) is 22.2 Å². The van der Waals surface area contributed by atoms with Crippen LogP contribution in [0.1, 0.15) is 30.9 Å². The van der Waals surface area contributed by atoms with E-state index in [1.165, 1.54) is 12.1 Å². The summed E-state index contributed by atoms with van der Waals surface area (Å²) in [5.74, 6) is 0.607. The molecule has 1 aromatic carbocycles. The molecular weight excluding hydrogens is 474 g/mol. The normalized spacial score (nSPS) is 17.1. The van der Waals surface area contributed by atoms with E-state index in [2.05, 4.69) is 15.6 Å². The first-order chi connectivity index (χ1) is 12.4. The Bertz CT molecular complexity index is 589. The Balaban J connectivity index is 0.00000364. The lowest BCUT2D eigenvalue weighted by Crippen LogP contribution is -2.50. The number of guanidine groups is 1. The fourth-order valence-corrected chi connectivity index (χ4v) is 2.75. The van der Waals surface area contributed by atoms with Crippen LogP contribution in [0, 0.1) is 0 Å². The van der Waals surface area contributed by atoms with E-state index in [9.17, 15) is 13.2 Å². The molecule has 1 aromatic rings. The zero-order chi connectivity index (χ0) is 19.0.